The van der Waals surface area contributed by atoms with Crippen molar-refractivity contribution < 1.29 is 13.2 Å². The minimum Gasteiger partial charge on any atom is -0.397 e. The molecule has 0 bridgehead atoms. The molecule has 3 N–H and O–H groups in total. The number of nitrogens with zero attached hydrogens (tertiary/aromatic N) is 1. The van der Waals surface area contributed by atoms with Gasteiger partial charge in [-0.25, -0.2) is 13.1 Å². The Kier molecular flexibility index (Phi) is 5.38. The van der Waals surface area contributed by atoms with Crippen molar-refractivity contribution in [2.24, 2.45) is 0 Å². The first-order valence-electron chi connectivity index (χ1n) is 5.98. The van der Waals surface area contributed by atoms with Gasteiger partial charge in [0.1, 0.15) is 0 Å². The molecule has 20 heavy (non-hydrogen) atoms. The second kappa shape index (κ2) is 6.43. The van der Waals surface area contributed by atoms with Crippen LogP contribution in [0.15, 0.2) is 17.0 Å². The number of hydrogen-bond acceptors (Lipinski definition) is 4. The molecule has 0 aliphatic heterocycles. The van der Waals surface area contributed by atoms with Crippen molar-refractivity contribution in [2.75, 3.05) is 25.9 Å². The van der Waals surface area contributed by atoms with E-state index in [1.807, 2.05) is 0 Å². The zero-order chi connectivity index (χ0) is 15.5. The maximum atomic E-state index is 12.2. The number of nitrogens with one attached hydrogen (secondary N) is 1. The van der Waals surface area contributed by atoms with Gasteiger partial charge in [-0.05, 0) is 31.5 Å². The molecule has 1 aromatic carbocycles. The minimum absolute atomic E-state index is 0.0198. The highest BCUT2D eigenvalue weighted by Crippen LogP contribution is 2.25. The fourth-order valence-electron chi connectivity index (χ4n) is 1.50. The summed E-state index contributed by atoms with van der Waals surface area (Å²) in [5.41, 5.74) is 6.25. The SMILES string of the molecule is CCN(C)C(=O)CNS(=O)(=O)c1cc(N)c(Cl)cc1C. The molecule has 0 heterocycles. The summed E-state index contributed by atoms with van der Waals surface area (Å²) >= 11 is 5.82. The number of aryl methyl sites for hydroxylation is 1. The van der Waals surface area contributed by atoms with Gasteiger partial charge in [0.15, 0.2) is 0 Å². The lowest BCUT2D eigenvalue weighted by Crippen LogP contribution is -2.38. The van der Waals surface area contributed by atoms with Gasteiger partial charge >= 0.3 is 0 Å². The molecule has 1 rings (SSSR count). The van der Waals surface area contributed by atoms with Crippen molar-refractivity contribution in [3.05, 3.63) is 22.7 Å². The second-order valence-electron chi connectivity index (χ2n) is 4.37. The van der Waals surface area contributed by atoms with Gasteiger partial charge in [0.05, 0.1) is 22.2 Å². The van der Waals surface area contributed by atoms with Crippen molar-refractivity contribution in [1.29, 1.82) is 0 Å². The van der Waals surface area contributed by atoms with Gasteiger partial charge in [-0.1, -0.05) is 11.6 Å². The van der Waals surface area contributed by atoms with E-state index in [2.05, 4.69) is 4.72 Å². The molecule has 8 heteroatoms. The lowest BCUT2D eigenvalue weighted by atomic mass is 10.2. The standard InChI is InChI=1S/C12H18ClN3O3S/c1-4-16(3)12(17)7-15-20(18,19)11-6-10(14)9(13)5-8(11)2/h5-6,15H,4,7,14H2,1-3H3. The molecule has 0 spiro atoms. The fourth-order valence-corrected chi connectivity index (χ4v) is 2.96. The molecule has 112 valence electrons. The number of benzene rings is 1. The van der Waals surface area contributed by atoms with Crippen molar-refractivity contribution in [3.63, 3.8) is 0 Å². The van der Waals surface area contributed by atoms with Crippen LogP contribution in [-0.4, -0.2) is 39.4 Å². The van der Waals surface area contributed by atoms with E-state index in [0.29, 0.717) is 17.1 Å². The first-order valence-corrected chi connectivity index (χ1v) is 7.84. The highest BCUT2D eigenvalue weighted by Gasteiger charge is 2.20. The van der Waals surface area contributed by atoms with Crippen molar-refractivity contribution in [1.82, 2.24) is 9.62 Å². The Morgan fingerprint density at radius 1 is 1.45 bits per heavy atom. The van der Waals surface area contributed by atoms with E-state index in [-0.39, 0.29) is 23.0 Å². The van der Waals surface area contributed by atoms with E-state index < -0.39 is 10.0 Å². The van der Waals surface area contributed by atoms with Gasteiger partial charge in [0, 0.05) is 13.6 Å². The van der Waals surface area contributed by atoms with Gasteiger partial charge in [0.25, 0.3) is 0 Å². The number of likely N-dealkylation sites (N-methyl/N-ethyl adjacent to an activating group) is 1. The number of halogens is 1. The summed E-state index contributed by atoms with van der Waals surface area (Å²) in [6.45, 7) is 3.62. The van der Waals surface area contributed by atoms with Crippen molar-refractivity contribution in [2.45, 2.75) is 18.7 Å². The van der Waals surface area contributed by atoms with Crippen LogP contribution in [0, 0.1) is 6.92 Å². The van der Waals surface area contributed by atoms with Crippen LogP contribution >= 0.6 is 11.6 Å². The van der Waals surface area contributed by atoms with Crippen LogP contribution in [0.3, 0.4) is 0 Å². The number of hydrogen-bond donors (Lipinski definition) is 2. The fraction of sp³-hybridized carbons (Fsp3) is 0.417. The van der Waals surface area contributed by atoms with Gasteiger partial charge in [-0.15, -0.1) is 0 Å². The Morgan fingerprint density at radius 2 is 2.05 bits per heavy atom. The maximum absolute atomic E-state index is 12.2. The number of rotatable bonds is 5. The topological polar surface area (TPSA) is 92.5 Å². The molecule has 6 nitrogen and oxygen atoms in total. The number of sulfonamides is 1. The molecule has 0 aromatic heterocycles. The largest absolute Gasteiger partial charge is 0.397 e. The first-order chi connectivity index (χ1) is 9.19. The van der Waals surface area contributed by atoms with E-state index in [1.54, 1.807) is 20.9 Å². The zero-order valence-corrected chi connectivity index (χ0v) is 13.2. The molecule has 0 aliphatic rings. The molecular formula is C12H18ClN3O3S. The molecule has 0 fully saturated rings. The summed E-state index contributed by atoms with van der Waals surface area (Å²) in [6.07, 6.45) is 0. The van der Waals surface area contributed by atoms with E-state index in [1.165, 1.54) is 17.0 Å². The predicted octanol–water partition coefficient (Wildman–Crippen LogP) is 0.987. The average molecular weight is 320 g/mol. The lowest BCUT2D eigenvalue weighted by molar-refractivity contribution is -0.128. The minimum atomic E-state index is -3.80. The summed E-state index contributed by atoms with van der Waals surface area (Å²) in [7, 11) is -2.20. The monoisotopic (exact) mass is 319 g/mol. The van der Waals surface area contributed by atoms with Gasteiger partial charge < -0.3 is 10.6 Å². The Morgan fingerprint density at radius 3 is 2.60 bits per heavy atom. The smallest absolute Gasteiger partial charge is 0.241 e. The van der Waals surface area contributed by atoms with Crippen molar-refractivity contribution in [3.8, 4) is 0 Å². The number of carbonyl (C=O) groups excluding carboxylic acids is 1. The number of nitrogen functional groups attached to an aromatic ring is 1. The maximum Gasteiger partial charge on any atom is 0.241 e. The van der Waals surface area contributed by atoms with Gasteiger partial charge in [-0.3, -0.25) is 4.79 Å². The lowest BCUT2D eigenvalue weighted by Gasteiger charge is -2.15. The molecule has 0 saturated carbocycles. The molecule has 0 saturated heterocycles. The Bertz CT molecular complexity index is 617. The second-order valence-corrected chi connectivity index (χ2v) is 6.51. The summed E-state index contributed by atoms with van der Waals surface area (Å²) < 4.78 is 26.6. The van der Waals surface area contributed by atoms with Crippen LogP contribution < -0.4 is 10.5 Å². The van der Waals surface area contributed by atoms with E-state index >= 15 is 0 Å². The third-order valence-electron chi connectivity index (χ3n) is 2.90. The van der Waals surface area contributed by atoms with E-state index in [4.69, 9.17) is 17.3 Å². The Hall–Kier alpha value is -1.31. The molecule has 1 aromatic rings. The van der Waals surface area contributed by atoms with Gasteiger partial charge in [0.2, 0.25) is 15.9 Å². The third-order valence-corrected chi connectivity index (χ3v) is 4.77. The van der Waals surface area contributed by atoms with Crippen LogP contribution in [0.4, 0.5) is 5.69 Å². The highest BCUT2D eigenvalue weighted by atomic mass is 35.5. The van der Waals surface area contributed by atoms with Crippen LogP contribution in [-0.2, 0) is 14.8 Å². The summed E-state index contributed by atoms with van der Waals surface area (Å²) in [6, 6.07) is 2.76. The third kappa shape index (κ3) is 3.84. The van der Waals surface area contributed by atoms with Gasteiger partial charge in [-0.2, -0.15) is 0 Å². The molecule has 0 aliphatic carbocycles. The normalized spacial score (nSPS) is 11.4. The average Bonchev–Trinajstić information content (AvgIpc) is 2.39. The number of nitrogens with two attached hydrogens (primary N) is 1. The van der Waals surface area contributed by atoms with E-state index in [9.17, 15) is 13.2 Å². The highest BCUT2D eigenvalue weighted by molar-refractivity contribution is 7.89. The summed E-state index contributed by atoms with van der Waals surface area (Å²) in [4.78, 5) is 13.1. The summed E-state index contributed by atoms with van der Waals surface area (Å²) in [5.74, 6) is -0.310. The van der Waals surface area contributed by atoms with E-state index in [0.717, 1.165) is 0 Å². The summed E-state index contributed by atoms with van der Waals surface area (Å²) in [5, 5.41) is 0.295. The van der Waals surface area contributed by atoms with Crippen molar-refractivity contribution >= 4 is 33.2 Å². The molecule has 0 radical (unpaired) electrons. The van der Waals surface area contributed by atoms with Crippen LogP contribution in [0.5, 0.6) is 0 Å². The first kappa shape index (κ1) is 16.7. The number of carbonyl (C=O) groups is 1. The van der Waals surface area contributed by atoms with Crippen LogP contribution in [0.2, 0.25) is 5.02 Å². The molecule has 0 atom stereocenters. The van der Waals surface area contributed by atoms with Crippen LogP contribution in [0.1, 0.15) is 12.5 Å². The Balaban J connectivity index is 2.95. The number of anilines is 1. The molecule has 1 amide bonds. The molecule has 0 unspecified atom stereocenters. The molecular weight excluding hydrogens is 302 g/mol. The number of amides is 1. The van der Waals surface area contributed by atoms with Crippen LogP contribution in [0.25, 0.3) is 0 Å². The quantitative estimate of drug-likeness (QED) is 0.791. The predicted molar refractivity (Wildman–Crippen MR) is 79.1 cm³/mol. The Labute approximate surface area is 123 Å². The zero-order valence-electron chi connectivity index (χ0n) is 11.6.